The highest BCUT2D eigenvalue weighted by molar-refractivity contribution is 6.39. The van der Waals surface area contributed by atoms with E-state index in [0.717, 1.165) is 0 Å². The van der Waals surface area contributed by atoms with Gasteiger partial charge in [-0.25, -0.2) is 0 Å². The van der Waals surface area contributed by atoms with Gasteiger partial charge in [0.15, 0.2) is 11.5 Å². The molecule has 0 saturated heterocycles. The van der Waals surface area contributed by atoms with Crippen LogP contribution in [-0.2, 0) is 11.2 Å². The van der Waals surface area contributed by atoms with Gasteiger partial charge >= 0.3 is 0 Å². The zero-order chi connectivity index (χ0) is 27.0. The Bertz CT molecular complexity index is 1740. The topological polar surface area (TPSA) is 105 Å². The predicted molar refractivity (Wildman–Crippen MR) is 146 cm³/mol. The number of hydrogen-bond acceptors (Lipinski definition) is 7. The Kier molecular flexibility index (Phi) is 6.88. The number of nitrogens with one attached hydrogen (secondary N) is 1. The number of methoxy groups -OCH3 is 3. The molecule has 194 valence electrons. The molecule has 11 heteroatoms. The summed E-state index contributed by atoms with van der Waals surface area (Å²) >= 11 is 12.6. The van der Waals surface area contributed by atoms with Crippen molar-refractivity contribution >= 4 is 56.6 Å². The molecule has 2 heterocycles. The number of benzene rings is 3. The fourth-order valence-electron chi connectivity index (χ4n) is 4.39. The molecule has 0 unspecified atom stereocenters. The third kappa shape index (κ3) is 4.40. The standard InChI is InChI=1S/C27H21Cl2N3O6/c1-35-19-12-15(13-20(36-2)25(19)37-3)30-21(33)11-14-6-4-7-16(10-14)32-18-9-5-8-17(28)22(18)24-23(27(32)34)26(29)38-31-24/h4-10,12-13H,11H2,1-3H3,(H,30,33). The van der Waals surface area contributed by atoms with Gasteiger partial charge in [0.1, 0.15) is 10.9 Å². The molecule has 1 N–H and O–H groups in total. The van der Waals surface area contributed by atoms with E-state index >= 15 is 0 Å². The van der Waals surface area contributed by atoms with Gasteiger partial charge in [0.25, 0.3) is 5.56 Å². The van der Waals surface area contributed by atoms with Crippen molar-refractivity contribution in [3.05, 3.63) is 80.8 Å². The fourth-order valence-corrected chi connectivity index (χ4v) is 4.85. The minimum atomic E-state index is -0.417. The molecule has 0 bridgehead atoms. The van der Waals surface area contributed by atoms with Gasteiger partial charge in [0, 0.05) is 28.9 Å². The molecule has 5 aromatic rings. The van der Waals surface area contributed by atoms with E-state index in [1.54, 1.807) is 54.6 Å². The van der Waals surface area contributed by atoms with E-state index in [0.29, 0.717) is 50.1 Å². The van der Waals surface area contributed by atoms with Crippen LogP contribution in [0.25, 0.3) is 27.5 Å². The number of aromatic nitrogens is 2. The SMILES string of the molecule is COc1cc(NC(=O)Cc2cccc(-n3c(=O)c4c(Cl)onc4c4c(Cl)cccc43)c2)cc(OC)c1OC. The van der Waals surface area contributed by atoms with E-state index in [1.807, 2.05) is 0 Å². The van der Waals surface area contributed by atoms with Crippen molar-refractivity contribution in [3.63, 3.8) is 0 Å². The number of hydrogen-bond donors (Lipinski definition) is 1. The van der Waals surface area contributed by atoms with E-state index in [4.69, 9.17) is 41.9 Å². The van der Waals surface area contributed by atoms with Crippen molar-refractivity contribution in [1.82, 2.24) is 9.72 Å². The average molecular weight is 554 g/mol. The van der Waals surface area contributed by atoms with Crippen molar-refractivity contribution < 1.29 is 23.5 Å². The molecule has 5 rings (SSSR count). The zero-order valence-corrected chi connectivity index (χ0v) is 22.0. The third-order valence-corrected chi connectivity index (χ3v) is 6.59. The van der Waals surface area contributed by atoms with Gasteiger partial charge < -0.3 is 24.1 Å². The minimum absolute atomic E-state index is 0.0359. The smallest absolute Gasteiger partial charge is 0.270 e. The molecule has 0 fully saturated rings. The van der Waals surface area contributed by atoms with Crippen LogP contribution in [0.5, 0.6) is 17.2 Å². The van der Waals surface area contributed by atoms with Crippen LogP contribution in [0.4, 0.5) is 5.69 Å². The molecular weight excluding hydrogens is 533 g/mol. The number of carbonyl (C=O) groups excluding carboxylic acids is 1. The summed E-state index contributed by atoms with van der Waals surface area (Å²) in [4.78, 5) is 26.5. The maximum atomic E-state index is 13.5. The van der Waals surface area contributed by atoms with E-state index in [2.05, 4.69) is 10.5 Å². The number of fused-ring (bicyclic) bond motifs is 3. The van der Waals surface area contributed by atoms with Crippen LogP contribution in [0.1, 0.15) is 5.56 Å². The first-order valence-corrected chi connectivity index (χ1v) is 12.1. The van der Waals surface area contributed by atoms with Gasteiger partial charge in [0.05, 0.1) is 38.3 Å². The van der Waals surface area contributed by atoms with Crippen LogP contribution >= 0.6 is 23.2 Å². The summed E-state index contributed by atoms with van der Waals surface area (Å²) in [5, 5.41) is 7.73. The van der Waals surface area contributed by atoms with Crippen LogP contribution in [0.15, 0.2) is 63.9 Å². The Morgan fingerprint density at radius 2 is 1.68 bits per heavy atom. The number of halogens is 2. The lowest BCUT2D eigenvalue weighted by molar-refractivity contribution is -0.115. The summed E-state index contributed by atoms with van der Waals surface area (Å²) < 4.78 is 22.6. The normalized spacial score (nSPS) is 11.1. The zero-order valence-electron chi connectivity index (χ0n) is 20.5. The molecule has 9 nitrogen and oxygen atoms in total. The summed E-state index contributed by atoms with van der Waals surface area (Å²) in [6.07, 6.45) is 0.0359. The molecule has 3 aromatic carbocycles. The van der Waals surface area contributed by atoms with Gasteiger partial charge in [-0.1, -0.05) is 35.0 Å². The molecule has 0 spiro atoms. The third-order valence-electron chi connectivity index (χ3n) is 6.02. The number of rotatable bonds is 7. The Hall–Kier alpha value is -4.21. The van der Waals surface area contributed by atoms with E-state index in [-0.39, 0.29) is 28.5 Å². The summed E-state index contributed by atoms with van der Waals surface area (Å²) in [6, 6.07) is 15.6. The molecule has 0 aliphatic carbocycles. The molecule has 2 aromatic heterocycles. The highest BCUT2D eigenvalue weighted by atomic mass is 35.5. The van der Waals surface area contributed by atoms with Gasteiger partial charge in [-0.05, 0) is 41.4 Å². The lowest BCUT2D eigenvalue weighted by Gasteiger charge is -2.15. The van der Waals surface area contributed by atoms with E-state index in [1.165, 1.54) is 25.9 Å². The molecule has 0 atom stereocenters. The lowest BCUT2D eigenvalue weighted by atomic mass is 10.1. The maximum absolute atomic E-state index is 13.5. The molecule has 38 heavy (non-hydrogen) atoms. The summed E-state index contributed by atoms with van der Waals surface area (Å²) in [5.74, 6) is 0.964. The van der Waals surface area contributed by atoms with Crippen molar-refractivity contribution in [2.45, 2.75) is 6.42 Å². The first kappa shape index (κ1) is 25.4. The van der Waals surface area contributed by atoms with Gasteiger partial charge in [-0.3, -0.25) is 14.2 Å². The van der Waals surface area contributed by atoms with Crippen LogP contribution < -0.4 is 25.1 Å². The second-order valence-corrected chi connectivity index (χ2v) is 9.01. The van der Waals surface area contributed by atoms with Crippen molar-refractivity contribution in [2.75, 3.05) is 26.6 Å². The molecular formula is C27H21Cl2N3O6. The average Bonchev–Trinajstić information content (AvgIpc) is 3.29. The Morgan fingerprint density at radius 1 is 0.974 bits per heavy atom. The molecule has 0 aliphatic rings. The highest BCUT2D eigenvalue weighted by Gasteiger charge is 2.21. The van der Waals surface area contributed by atoms with Crippen LogP contribution in [0.2, 0.25) is 10.2 Å². The van der Waals surface area contributed by atoms with Gasteiger partial charge in [-0.2, -0.15) is 0 Å². The van der Waals surface area contributed by atoms with Crippen LogP contribution in [-0.4, -0.2) is 37.0 Å². The van der Waals surface area contributed by atoms with E-state index in [9.17, 15) is 9.59 Å². The number of nitrogens with zero attached hydrogens (tertiary/aromatic N) is 2. The quantitative estimate of drug-likeness (QED) is 0.277. The molecule has 0 saturated carbocycles. The Morgan fingerprint density at radius 3 is 2.37 bits per heavy atom. The summed E-state index contributed by atoms with van der Waals surface area (Å²) in [5.41, 5.74) is 2.08. The largest absolute Gasteiger partial charge is 0.493 e. The Labute approximate surface area is 226 Å². The first-order valence-electron chi connectivity index (χ1n) is 11.3. The highest BCUT2D eigenvalue weighted by Crippen LogP contribution is 2.40. The molecule has 1 amide bonds. The second kappa shape index (κ2) is 10.3. The van der Waals surface area contributed by atoms with Crippen molar-refractivity contribution in [2.24, 2.45) is 0 Å². The molecule has 0 aliphatic heterocycles. The molecule has 0 radical (unpaired) electrons. The van der Waals surface area contributed by atoms with Crippen LogP contribution in [0, 0.1) is 0 Å². The number of anilines is 1. The fraction of sp³-hybridized carbons (Fsp3) is 0.148. The Balaban J connectivity index is 1.51. The van der Waals surface area contributed by atoms with Crippen molar-refractivity contribution in [1.29, 1.82) is 0 Å². The van der Waals surface area contributed by atoms with Gasteiger partial charge in [0.2, 0.25) is 16.9 Å². The predicted octanol–water partition coefficient (Wildman–Crippen LogP) is 5.65. The van der Waals surface area contributed by atoms with Crippen molar-refractivity contribution in [3.8, 4) is 22.9 Å². The monoisotopic (exact) mass is 553 g/mol. The summed E-state index contributed by atoms with van der Waals surface area (Å²) in [6.45, 7) is 0. The van der Waals surface area contributed by atoms with E-state index < -0.39 is 5.56 Å². The van der Waals surface area contributed by atoms with Gasteiger partial charge in [-0.15, -0.1) is 0 Å². The van der Waals surface area contributed by atoms with Crippen LogP contribution in [0.3, 0.4) is 0 Å². The number of ether oxygens (including phenoxy) is 3. The maximum Gasteiger partial charge on any atom is 0.270 e. The first-order chi connectivity index (χ1) is 18.4. The number of carbonyl (C=O) groups is 1. The summed E-state index contributed by atoms with van der Waals surface area (Å²) in [7, 11) is 4.50. The lowest BCUT2D eigenvalue weighted by Crippen LogP contribution is -2.20. The second-order valence-electron chi connectivity index (χ2n) is 8.26. The number of amides is 1. The number of pyridine rings is 1. The minimum Gasteiger partial charge on any atom is -0.493 e.